The van der Waals surface area contributed by atoms with E-state index in [2.05, 4.69) is 52.1 Å². The monoisotopic (exact) mass is 448 g/mol. The molecular formula is C18H30Cl2N6OS. The summed E-state index contributed by atoms with van der Waals surface area (Å²) in [5.41, 5.74) is 2.43. The van der Waals surface area contributed by atoms with E-state index in [4.69, 9.17) is 0 Å². The number of nitrogens with one attached hydrogen (secondary N) is 2. The van der Waals surface area contributed by atoms with Crippen LogP contribution in [-0.4, -0.2) is 45.5 Å². The van der Waals surface area contributed by atoms with Gasteiger partial charge in [0.2, 0.25) is 0 Å². The van der Waals surface area contributed by atoms with E-state index in [1.807, 2.05) is 11.6 Å². The van der Waals surface area contributed by atoms with E-state index in [9.17, 15) is 4.79 Å². The molecule has 1 aliphatic heterocycles. The Kier molecular flexibility index (Phi) is 9.33. The minimum atomic E-state index is -0.157. The maximum absolute atomic E-state index is 12.5. The van der Waals surface area contributed by atoms with Crippen LogP contribution >= 0.6 is 36.2 Å². The average Bonchev–Trinajstić information content (AvgIpc) is 3.22. The highest BCUT2D eigenvalue weighted by molar-refractivity contribution is 7.09. The number of rotatable bonds is 5. The van der Waals surface area contributed by atoms with Crippen LogP contribution in [0.5, 0.6) is 0 Å². The number of halogens is 2. The van der Waals surface area contributed by atoms with Gasteiger partial charge in [-0.3, -0.25) is 4.79 Å². The molecule has 0 spiro atoms. The standard InChI is InChI=1S/C18H28N6OS.2ClH/c1-12-16(22-23-24(12)13-5-8-19-9-6-13)17(25)20-10-7-15-21-14(11-26-15)18(2,3)4;;/h11,13,19H,5-10H2,1-4H3,(H,20,25);2*1H. The molecular weight excluding hydrogens is 419 g/mol. The number of nitrogens with zero attached hydrogens (tertiary/aromatic N) is 4. The molecule has 0 radical (unpaired) electrons. The summed E-state index contributed by atoms with van der Waals surface area (Å²) in [6, 6.07) is 0.330. The summed E-state index contributed by atoms with van der Waals surface area (Å²) in [6.07, 6.45) is 2.77. The molecule has 2 N–H and O–H groups in total. The fraction of sp³-hybridized carbons (Fsp3) is 0.667. The van der Waals surface area contributed by atoms with Crippen molar-refractivity contribution in [3.63, 3.8) is 0 Å². The minimum absolute atomic E-state index is 0. The van der Waals surface area contributed by atoms with Gasteiger partial charge in [-0.1, -0.05) is 26.0 Å². The Bertz CT molecular complexity index is 764. The molecule has 2 aromatic heterocycles. The van der Waals surface area contributed by atoms with Gasteiger partial charge >= 0.3 is 0 Å². The van der Waals surface area contributed by atoms with Gasteiger partial charge in [0, 0.05) is 23.8 Å². The first-order valence-corrected chi connectivity index (χ1v) is 10.1. The first kappa shape index (κ1) is 24.8. The van der Waals surface area contributed by atoms with E-state index >= 15 is 0 Å². The number of thiazole rings is 1. The number of hydrogen-bond donors (Lipinski definition) is 2. The lowest BCUT2D eigenvalue weighted by Gasteiger charge is -2.23. The second-order valence-electron chi connectivity index (χ2n) is 7.83. The Morgan fingerprint density at radius 3 is 2.61 bits per heavy atom. The number of hydrogen-bond acceptors (Lipinski definition) is 6. The van der Waals surface area contributed by atoms with Gasteiger partial charge in [-0.25, -0.2) is 9.67 Å². The average molecular weight is 449 g/mol. The predicted octanol–water partition coefficient (Wildman–Crippen LogP) is 3.08. The van der Waals surface area contributed by atoms with Gasteiger partial charge < -0.3 is 10.6 Å². The maximum atomic E-state index is 12.5. The Labute approximate surface area is 182 Å². The van der Waals surface area contributed by atoms with Crippen LogP contribution in [0.25, 0.3) is 0 Å². The van der Waals surface area contributed by atoms with Gasteiger partial charge in [0.05, 0.1) is 22.4 Å². The first-order valence-electron chi connectivity index (χ1n) is 9.22. The first-order chi connectivity index (χ1) is 12.4. The zero-order valence-corrected chi connectivity index (χ0v) is 19.3. The molecule has 7 nitrogen and oxygen atoms in total. The van der Waals surface area contributed by atoms with E-state index in [1.165, 1.54) is 0 Å². The highest BCUT2D eigenvalue weighted by Crippen LogP contribution is 2.24. The lowest BCUT2D eigenvalue weighted by Crippen LogP contribution is -2.30. The zero-order chi connectivity index (χ0) is 18.7. The third kappa shape index (κ3) is 5.89. The van der Waals surface area contributed by atoms with Crippen molar-refractivity contribution in [1.82, 2.24) is 30.6 Å². The molecule has 3 rings (SSSR count). The number of piperidine rings is 1. The number of amides is 1. The molecule has 10 heteroatoms. The van der Waals surface area contributed by atoms with E-state index < -0.39 is 0 Å². The summed E-state index contributed by atoms with van der Waals surface area (Å²) in [5.74, 6) is -0.157. The Morgan fingerprint density at radius 1 is 1.32 bits per heavy atom. The highest BCUT2D eigenvalue weighted by atomic mass is 35.5. The Balaban J connectivity index is 0.00000196. The number of aromatic nitrogens is 4. The van der Waals surface area contributed by atoms with Crippen LogP contribution in [-0.2, 0) is 11.8 Å². The minimum Gasteiger partial charge on any atom is -0.350 e. The number of carbonyl (C=O) groups excluding carboxylic acids is 1. The molecule has 2 aromatic rings. The van der Waals surface area contributed by atoms with Gasteiger partial charge in [-0.05, 0) is 32.9 Å². The predicted molar refractivity (Wildman–Crippen MR) is 117 cm³/mol. The topological polar surface area (TPSA) is 84.7 Å². The molecule has 0 bridgehead atoms. The molecule has 0 aromatic carbocycles. The second kappa shape index (κ2) is 10.5. The molecule has 0 aliphatic carbocycles. The van der Waals surface area contributed by atoms with Crippen LogP contribution in [0.1, 0.15) is 66.5 Å². The molecule has 158 valence electrons. The largest absolute Gasteiger partial charge is 0.350 e. The van der Waals surface area contributed by atoms with Crippen LogP contribution in [0.3, 0.4) is 0 Å². The summed E-state index contributed by atoms with van der Waals surface area (Å²) in [5, 5.41) is 17.8. The summed E-state index contributed by atoms with van der Waals surface area (Å²) in [6.45, 7) is 10.9. The summed E-state index contributed by atoms with van der Waals surface area (Å²) >= 11 is 1.65. The fourth-order valence-corrected chi connectivity index (χ4v) is 4.11. The van der Waals surface area contributed by atoms with Crippen molar-refractivity contribution in [2.24, 2.45) is 0 Å². The molecule has 1 aliphatic rings. The van der Waals surface area contributed by atoms with Crippen LogP contribution in [0.4, 0.5) is 0 Å². The smallest absolute Gasteiger partial charge is 0.273 e. The van der Waals surface area contributed by atoms with Crippen LogP contribution in [0.15, 0.2) is 5.38 Å². The van der Waals surface area contributed by atoms with E-state index in [0.717, 1.165) is 48.7 Å². The quantitative estimate of drug-likeness (QED) is 0.733. The van der Waals surface area contributed by atoms with Crippen molar-refractivity contribution >= 4 is 42.1 Å². The normalized spacial score (nSPS) is 14.9. The third-order valence-corrected chi connectivity index (χ3v) is 5.65. The molecule has 3 heterocycles. The van der Waals surface area contributed by atoms with Crippen molar-refractivity contribution < 1.29 is 4.79 Å². The lowest BCUT2D eigenvalue weighted by atomic mass is 9.93. The van der Waals surface area contributed by atoms with Crippen LogP contribution in [0.2, 0.25) is 0 Å². The van der Waals surface area contributed by atoms with Gasteiger partial charge in [0.25, 0.3) is 5.91 Å². The van der Waals surface area contributed by atoms with Gasteiger partial charge in [0.15, 0.2) is 5.69 Å². The summed E-state index contributed by atoms with van der Waals surface area (Å²) in [7, 11) is 0. The number of carbonyl (C=O) groups is 1. The third-order valence-electron chi connectivity index (χ3n) is 4.74. The van der Waals surface area contributed by atoms with Crippen molar-refractivity contribution in [2.45, 2.75) is 58.4 Å². The van der Waals surface area contributed by atoms with E-state index in [0.29, 0.717) is 18.3 Å². The second-order valence-corrected chi connectivity index (χ2v) is 8.77. The zero-order valence-electron chi connectivity index (χ0n) is 16.8. The molecule has 0 atom stereocenters. The van der Waals surface area contributed by atoms with Crippen molar-refractivity contribution in [3.05, 3.63) is 27.5 Å². The molecule has 28 heavy (non-hydrogen) atoms. The SMILES string of the molecule is Cc1c(C(=O)NCCc2nc(C(C)(C)C)cs2)nnn1C1CCNCC1.Cl.Cl. The Hall–Kier alpha value is -1.22. The van der Waals surface area contributed by atoms with Gasteiger partial charge in [-0.15, -0.1) is 41.2 Å². The molecule has 1 fully saturated rings. The molecule has 1 saturated heterocycles. The van der Waals surface area contributed by atoms with Gasteiger partial charge in [0.1, 0.15) is 0 Å². The van der Waals surface area contributed by atoms with Crippen LogP contribution < -0.4 is 10.6 Å². The molecule has 0 unspecified atom stereocenters. The van der Waals surface area contributed by atoms with E-state index in [1.54, 1.807) is 11.3 Å². The van der Waals surface area contributed by atoms with Crippen molar-refractivity contribution in [1.29, 1.82) is 0 Å². The van der Waals surface area contributed by atoms with Crippen molar-refractivity contribution in [2.75, 3.05) is 19.6 Å². The van der Waals surface area contributed by atoms with E-state index in [-0.39, 0.29) is 36.1 Å². The van der Waals surface area contributed by atoms with Gasteiger partial charge in [-0.2, -0.15) is 0 Å². The summed E-state index contributed by atoms with van der Waals surface area (Å²) < 4.78 is 1.91. The summed E-state index contributed by atoms with van der Waals surface area (Å²) in [4.78, 5) is 17.1. The maximum Gasteiger partial charge on any atom is 0.273 e. The Morgan fingerprint density at radius 2 is 2.00 bits per heavy atom. The lowest BCUT2D eigenvalue weighted by molar-refractivity contribution is 0.0948. The van der Waals surface area contributed by atoms with Crippen molar-refractivity contribution in [3.8, 4) is 0 Å². The highest BCUT2D eigenvalue weighted by Gasteiger charge is 2.23. The van der Waals surface area contributed by atoms with Crippen LogP contribution in [0, 0.1) is 6.92 Å². The molecule has 1 amide bonds. The fourth-order valence-electron chi connectivity index (χ4n) is 3.09. The molecule has 0 saturated carbocycles.